The number of hydrogen-bond acceptors (Lipinski definition) is 4. The van der Waals surface area contributed by atoms with E-state index in [1.807, 2.05) is 0 Å². The van der Waals surface area contributed by atoms with Gasteiger partial charge >= 0.3 is 0 Å². The second-order valence-corrected chi connectivity index (χ2v) is 10.1. The summed E-state index contributed by atoms with van der Waals surface area (Å²) in [6, 6.07) is 5.55. The summed E-state index contributed by atoms with van der Waals surface area (Å²) >= 11 is 0. The number of benzene rings is 1. The first-order chi connectivity index (χ1) is 12.3. The Morgan fingerprint density at radius 1 is 1.15 bits per heavy atom. The van der Waals surface area contributed by atoms with Crippen LogP contribution in [-0.2, 0) is 14.8 Å². The van der Waals surface area contributed by atoms with E-state index in [2.05, 4.69) is 25.5 Å². The number of alkyl halides is 2. The van der Waals surface area contributed by atoms with Gasteiger partial charge in [0.1, 0.15) is 12.4 Å². The van der Waals surface area contributed by atoms with Crippen molar-refractivity contribution in [3.8, 4) is 5.75 Å². The van der Waals surface area contributed by atoms with Crippen LogP contribution < -0.4 is 9.46 Å². The van der Waals surface area contributed by atoms with Crippen LogP contribution in [0.3, 0.4) is 0 Å². The van der Waals surface area contributed by atoms with Crippen LogP contribution in [0.5, 0.6) is 5.75 Å². The van der Waals surface area contributed by atoms with Crippen molar-refractivity contribution in [1.29, 1.82) is 0 Å². The van der Waals surface area contributed by atoms with Gasteiger partial charge in [0, 0.05) is 18.2 Å². The highest BCUT2D eigenvalue weighted by Crippen LogP contribution is 2.21. The molecule has 8 heteroatoms. The minimum Gasteiger partial charge on any atom is -0.488 e. The highest BCUT2D eigenvalue weighted by molar-refractivity contribution is 7.89. The number of sulfonamides is 1. The molecule has 27 heavy (non-hydrogen) atoms. The Kier molecular flexibility index (Phi) is 8.63. The summed E-state index contributed by atoms with van der Waals surface area (Å²) in [5.74, 6) is 0.0894. The van der Waals surface area contributed by atoms with Gasteiger partial charge in [0.25, 0.3) is 6.43 Å². The fraction of sp³-hybridized carbons (Fsp3) is 0.684. The summed E-state index contributed by atoms with van der Waals surface area (Å²) < 4.78 is 62.9. The van der Waals surface area contributed by atoms with Crippen molar-refractivity contribution in [3.63, 3.8) is 0 Å². The van der Waals surface area contributed by atoms with Crippen LogP contribution in [0.1, 0.15) is 47.5 Å². The maximum atomic E-state index is 12.6. The van der Waals surface area contributed by atoms with Crippen LogP contribution in [-0.4, -0.2) is 40.2 Å². The van der Waals surface area contributed by atoms with E-state index < -0.39 is 28.6 Å². The van der Waals surface area contributed by atoms with E-state index in [9.17, 15) is 17.2 Å². The van der Waals surface area contributed by atoms with Crippen LogP contribution in [0.2, 0.25) is 0 Å². The predicted octanol–water partition coefficient (Wildman–Crippen LogP) is 4.23. The number of halogens is 2. The molecule has 0 unspecified atom stereocenters. The van der Waals surface area contributed by atoms with Gasteiger partial charge in [-0.05, 0) is 44.2 Å². The summed E-state index contributed by atoms with van der Waals surface area (Å²) in [6.45, 7) is 10.3. The lowest BCUT2D eigenvalue weighted by atomic mass is 9.98. The summed E-state index contributed by atoms with van der Waals surface area (Å²) in [4.78, 5) is -0.0219. The topological polar surface area (TPSA) is 64.6 Å². The second-order valence-electron chi connectivity index (χ2n) is 8.38. The van der Waals surface area contributed by atoms with Crippen LogP contribution in [0.4, 0.5) is 8.78 Å². The highest BCUT2D eigenvalue weighted by Gasteiger charge is 2.26. The van der Waals surface area contributed by atoms with Crippen molar-refractivity contribution >= 4 is 10.0 Å². The lowest BCUT2D eigenvalue weighted by Gasteiger charge is -2.26. The molecule has 0 aromatic heterocycles. The first-order valence-electron chi connectivity index (χ1n) is 8.93. The molecule has 1 N–H and O–H groups in total. The van der Waals surface area contributed by atoms with Gasteiger partial charge in [0.2, 0.25) is 10.0 Å². The van der Waals surface area contributed by atoms with Gasteiger partial charge in [-0.15, -0.1) is 0 Å². The van der Waals surface area contributed by atoms with Crippen LogP contribution >= 0.6 is 0 Å². The van der Waals surface area contributed by atoms with E-state index in [-0.39, 0.29) is 16.1 Å². The normalized spacial score (nSPS) is 13.2. The molecule has 0 aliphatic carbocycles. The SMILES string of the molecule is CC(C)(C)COCCCC(C)(C)NS(=O)(=O)c1cccc(OCC(F)F)c1. The molecule has 0 aliphatic rings. The average molecular weight is 408 g/mol. The second kappa shape index (κ2) is 9.80. The number of hydrogen-bond donors (Lipinski definition) is 1. The van der Waals surface area contributed by atoms with Crippen molar-refractivity contribution in [1.82, 2.24) is 4.72 Å². The molecule has 0 saturated heterocycles. The van der Waals surface area contributed by atoms with Gasteiger partial charge in [0.05, 0.1) is 11.5 Å². The maximum Gasteiger partial charge on any atom is 0.272 e. The largest absolute Gasteiger partial charge is 0.488 e. The van der Waals surface area contributed by atoms with E-state index in [0.29, 0.717) is 26.1 Å². The third kappa shape index (κ3) is 10.0. The molecule has 0 aliphatic heterocycles. The smallest absolute Gasteiger partial charge is 0.272 e. The van der Waals surface area contributed by atoms with Crippen molar-refractivity contribution in [2.75, 3.05) is 19.8 Å². The van der Waals surface area contributed by atoms with Gasteiger partial charge < -0.3 is 9.47 Å². The molecule has 0 saturated carbocycles. The predicted molar refractivity (Wildman–Crippen MR) is 102 cm³/mol. The van der Waals surface area contributed by atoms with Crippen LogP contribution in [0.25, 0.3) is 0 Å². The highest BCUT2D eigenvalue weighted by atomic mass is 32.2. The van der Waals surface area contributed by atoms with Gasteiger partial charge in [-0.2, -0.15) is 0 Å². The number of rotatable bonds is 11. The van der Waals surface area contributed by atoms with E-state index in [1.165, 1.54) is 24.3 Å². The summed E-state index contributed by atoms with van der Waals surface area (Å²) in [5.41, 5.74) is -0.585. The monoisotopic (exact) mass is 407 g/mol. The minimum atomic E-state index is -3.80. The summed E-state index contributed by atoms with van der Waals surface area (Å²) in [5, 5.41) is 0. The van der Waals surface area contributed by atoms with E-state index in [0.717, 1.165) is 0 Å². The molecular weight excluding hydrogens is 376 g/mol. The molecular formula is C19H31F2NO4S. The van der Waals surface area contributed by atoms with Gasteiger partial charge in [-0.1, -0.05) is 26.8 Å². The number of nitrogens with one attached hydrogen (secondary N) is 1. The lowest BCUT2D eigenvalue weighted by molar-refractivity contribution is 0.0664. The lowest BCUT2D eigenvalue weighted by Crippen LogP contribution is -2.43. The fourth-order valence-electron chi connectivity index (χ4n) is 2.36. The first-order valence-corrected chi connectivity index (χ1v) is 10.4. The average Bonchev–Trinajstić information content (AvgIpc) is 2.50. The number of ether oxygens (including phenoxy) is 2. The molecule has 0 spiro atoms. The molecule has 0 radical (unpaired) electrons. The molecule has 1 aromatic rings. The molecule has 0 fully saturated rings. The Morgan fingerprint density at radius 3 is 2.41 bits per heavy atom. The van der Waals surface area contributed by atoms with Gasteiger partial charge in [0.15, 0.2) is 0 Å². The molecule has 156 valence electrons. The Balaban J connectivity index is 2.63. The van der Waals surface area contributed by atoms with Crippen molar-refractivity contribution in [2.45, 2.75) is 64.3 Å². The van der Waals surface area contributed by atoms with Gasteiger partial charge in [-0.25, -0.2) is 21.9 Å². The van der Waals surface area contributed by atoms with Crippen molar-refractivity contribution in [2.24, 2.45) is 5.41 Å². The Bertz CT molecular complexity index is 685. The molecule has 1 aromatic carbocycles. The molecule has 5 nitrogen and oxygen atoms in total. The zero-order valence-corrected chi connectivity index (χ0v) is 17.5. The fourth-order valence-corrected chi connectivity index (χ4v) is 3.84. The van der Waals surface area contributed by atoms with E-state index >= 15 is 0 Å². The summed E-state index contributed by atoms with van der Waals surface area (Å²) in [6.07, 6.45) is -1.32. The van der Waals surface area contributed by atoms with Crippen LogP contribution in [0.15, 0.2) is 29.2 Å². The third-order valence-electron chi connectivity index (χ3n) is 3.53. The quantitative estimate of drug-likeness (QED) is 0.558. The minimum absolute atomic E-state index is 0.0219. The van der Waals surface area contributed by atoms with E-state index in [1.54, 1.807) is 13.8 Å². The van der Waals surface area contributed by atoms with Crippen molar-refractivity contribution in [3.05, 3.63) is 24.3 Å². The maximum absolute atomic E-state index is 12.6. The molecule has 1 rings (SSSR count). The zero-order valence-electron chi connectivity index (χ0n) is 16.7. The Labute approximate surface area is 161 Å². The molecule has 0 bridgehead atoms. The Hall–Kier alpha value is -1.25. The van der Waals surface area contributed by atoms with E-state index in [4.69, 9.17) is 9.47 Å². The molecule has 0 atom stereocenters. The van der Waals surface area contributed by atoms with Crippen molar-refractivity contribution < 1.29 is 26.7 Å². The zero-order chi connectivity index (χ0) is 20.7. The Morgan fingerprint density at radius 2 is 1.81 bits per heavy atom. The third-order valence-corrected chi connectivity index (χ3v) is 5.22. The molecule has 0 amide bonds. The first kappa shape index (κ1) is 23.8. The molecule has 0 heterocycles. The summed E-state index contributed by atoms with van der Waals surface area (Å²) in [7, 11) is -3.80. The van der Waals surface area contributed by atoms with Crippen LogP contribution in [0, 0.1) is 5.41 Å². The van der Waals surface area contributed by atoms with Gasteiger partial charge in [-0.3, -0.25) is 0 Å². The standard InChI is InChI=1S/C19H31F2NO4S/c1-18(2,3)14-25-11-7-10-19(4,5)22-27(23,24)16-9-6-8-15(12-16)26-13-17(20)21/h6,8-9,12,17,22H,7,10-11,13-14H2,1-5H3.